The van der Waals surface area contributed by atoms with Gasteiger partial charge in [-0.3, -0.25) is 9.59 Å². The fourth-order valence-corrected chi connectivity index (χ4v) is 4.25. The third-order valence-corrected chi connectivity index (χ3v) is 6.18. The molecular weight excluding hydrogens is 466 g/mol. The van der Waals surface area contributed by atoms with E-state index in [0.717, 1.165) is 11.1 Å². The van der Waals surface area contributed by atoms with Crippen LogP contribution < -0.4 is 4.74 Å². The number of aliphatic hydroxyl groups is 1. The molecule has 4 rings (SSSR count). The largest absolute Gasteiger partial charge is 0.507 e. The SMILES string of the molecule is Cc1cc(/C(O)=C2/C(=O)C(=O)N(CCc3ccc(Cl)cc3)C2c2ccco2)ccc1OCC(C)C. The Hall–Kier alpha value is -3.51. The van der Waals surface area contributed by atoms with Crippen LogP contribution in [0.2, 0.25) is 5.02 Å². The number of benzene rings is 2. The van der Waals surface area contributed by atoms with Crippen LogP contribution in [0.1, 0.15) is 42.3 Å². The summed E-state index contributed by atoms with van der Waals surface area (Å²) in [7, 11) is 0. The second kappa shape index (κ2) is 10.4. The van der Waals surface area contributed by atoms with Crippen molar-refractivity contribution in [3.05, 3.63) is 93.9 Å². The second-order valence-electron chi connectivity index (χ2n) is 9.07. The molecule has 182 valence electrons. The number of aryl methyl sites for hydroxylation is 1. The van der Waals surface area contributed by atoms with Gasteiger partial charge >= 0.3 is 0 Å². The molecule has 1 saturated heterocycles. The molecule has 6 nitrogen and oxygen atoms in total. The molecule has 0 aliphatic carbocycles. The van der Waals surface area contributed by atoms with Gasteiger partial charge in [0.2, 0.25) is 0 Å². The Balaban J connectivity index is 1.68. The molecule has 0 bridgehead atoms. The molecule has 7 heteroatoms. The van der Waals surface area contributed by atoms with Crippen LogP contribution in [0.25, 0.3) is 5.76 Å². The minimum absolute atomic E-state index is 0.0105. The molecule has 1 aliphatic heterocycles. The van der Waals surface area contributed by atoms with Crippen LogP contribution in [-0.2, 0) is 16.0 Å². The molecule has 0 radical (unpaired) electrons. The summed E-state index contributed by atoms with van der Waals surface area (Å²) < 4.78 is 11.4. The number of hydrogen-bond acceptors (Lipinski definition) is 5. The zero-order chi connectivity index (χ0) is 25.1. The highest BCUT2D eigenvalue weighted by Crippen LogP contribution is 2.40. The summed E-state index contributed by atoms with van der Waals surface area (Å²) in [5.41, 5.74) is 2.24. The van der Waals surface area contributed by atoms with E-state index >= 15 is 0 Å². The number of halogens is 1. The van der Waals surface area contributed by atoms with E-state index in [2.05, 4.69) is 13.8 Å². The number of carbonyl (C=O) groups excluding carboxylic acids is 2. The van der Waals surface area contributed by atoms with Gasteiger partial charge in [0, 0.05) is 17.1 Å². The van der Waals surface area contributed by atoms with Gasteiger partial charge in [0.15, 0.2) is 0 Å². The average molecular weight is 494 g/mol. The van der Waals surface area contributed by atoms with Gasteiger partial charge in [-0.1, -0.05) is 37.6 Å². The van der Waals surface area contributed by atoms with Crippen molar-refractivity contribution in [1.29, 1.82) is 0 Å². The summed E-state index contributed by atoms with van der Waals surface area (Å²) >= 11 is 5.97. The predicted molar refractivity (Wildman–Crippen MR) is 134 cm³/mol. The van der Waals surface area contributed by atoms with Crippen molar-refractivity contribution in [2.45, 2.75) is 33.2 Å². The third kappa shape index (κ3) is 5.28. The molecule has 1 atom stereocenters. The van der Waals surface area contributed by atoms with Gasteiger partial charge < -0.3 is 19.2 Å². The maximum atomic E-state index is 13.1. The number of amides is 1. The maximum absolute atomic E-state index is 13.1. The number of Topliss-reactive ketones (excluding diaryl/α,β-unsaturated/α-hetero) is 1. The summed E-state index contributed by atoms with van der Waals surface area (Å²) in [4.78, 5) is 27.6. The fraction of sp³-hybridized carbons (Fsp3) is 0.286. The molecular formula is C28H28ClNO5. The van der Waals surface area contributed by atoms with Gasteiger partial charge in [-0.2, -0.15) is 0 Å². The third-order valence-electron chi connectivity index (χ3n) is 5.93. The predicted octanol–water partition coefficient (Wildman–Crippen LogP) is 5.94. The van der Waals surface area contributed by atoms with Crippen LogP contribution in [0.3, 0.4) is 0 Å². The van der Waals surface area contributed by atoms with Gasteiger partial charge in [-0.15, -0.1) is 0 Å². The van der Waals surface area contributed by atoms with Gasteiger partial charge in [-0.25, -0.2) is 0 Å². The molecule has 1 unspecified atom stereocenters. The highest BCUT2D eigenvalue weighted by atomic mass is 35.5. The van der Waals surface area contributed by atoms with Crippen molar-refractivity contribution in [1.82, 2.24) is 4.90 Å². The summed E-state index contributed by atoms with van der Waals surface area (Å²) in [6, 6.07) is 15.1. The van der Waals surface area contributed by atoms with Crippen LogP contribution >= 0.6 is 11.6 Å². The van der Waals surface area contributed by atoms with E-state index in [1.807, 2.05) is 19.1 Å². The van der Waals surface area contributed by atoms with E-state index in [-0.39, 0.29) is 17.9 Å². The number of rotatable bonds is 8. The van der Waals surface area contributed by atoms with Crippen LogP contribution in [0.15, 0.2) is 70.9 Å². The van der Waals surface area contributed by atoms with E-state index < -0.39 is 17.7 Å². The molecule has 1 aliphatic rings. The number of nitrogens with zero attached hydrogens (tertiary/aromatic N) is 1. The van der Waals surface area contributed by atoms with Crippen molar-refractivity contribution in [2.75, 3.05) is 13.2 Å². The molecule has 1 N–H and O–H groups in total. The maximum Gasteiger partial charge on any atom is 0.295 e. The Morgan fingerprint density at radius 1 is 1.14 bits per heavy atom. The summed E-state index contributed by atoms with van der Waals surface area (Å²) in [5, 5.41) is 11.9. The minimum Gasteiger partial charge on any atom is -0.507 e. The molecule has 35 heavy (non-hydrogen) atoms. The standard InChI is InChI=1S/C28H28ClNO5/c1-17(2)16-35-22-11-8-20(15-18(22)3)26(31)24-25(23-5-4-14-34-23)30(28(33)27(24)32)13-12-19-6-9-21(29)10-7-19/h4-11,14-15,17,25,31H,12-13,16H2,1-3H3/b26-24-. The van der Waals surface area contributed by atoms with E-state index in [0.29, 0.717) is 41.0 Å². The molecule has 2 aromatic carbocycles. The number of ketones is 1. The lowest BCUT2D eigenvalue weighted by Crippen LogP contribution is -2.31. The van der Waals surface area contributed by atoms with Crippen molar-refractivity contribution in [3.63, 3.8) is 0 Å². The first kappa shape index (κ1) is 24.6. The Morgan fingerprint density at radius 3 is 2.51 bits per heavy atom. The summed E-state index contributed by atoms with van der Waals surface area (Å²) in [6.07, 6.45) is 2.00. The lowest BCUT2D eigenvalue weighted by molar-refractivity contribution is -0.140. The van der Waals surface area contributed by atoms with Crippen LogP contribution in [-0.4, -0.2) is 34.8 Å². The lowest BCUT2D eigenvalue weighted by atomic mass is 9.98. The van der Waals surface area contributed by atoms with Gasteiger partial charge in [0.25, 0.3) is 11.7 Å². The molecule has 1 aromatic heterocycles. The molecule has 2 heterocycles. The summed E-state index contributed by atoms with van der Waals surface area (Å²) in [5.74, 6) is -0.151. The van der Waals surface area contributed by atoms with E-state index in [1.165, 1.54) is 11.2 Å². The van der Waals surface area contributed by atoms with Crippen molar-refractivity contribution < 1.29 is 23.8 Å². The van der Waals surface area contributed by atoms with E-state index in [4.69, 9.17) is 20.8 Å². The first-order valence-electron chi connectivity index (χ1n) is 11.6. The van der Waals surface area contributed by atoms with Gasteiger partial charge in [-0.05, 0) is 72.9 Å². The monoisotopic (exact) mass is 493 g/mol. The number of aliphatic hydroxyl groups excluding tert-OH is 1. The topological polar surface area (TPSA) is 80.0 Å². The number of ether oxygens (including phenoxy) is 1. The van der Waals surface area contributed by atoms with E-state index in [1.54, 1.807) is 42.5 Å². The highest BCUT2D eigenvalue weighted by Gasteiger charge is 2.47. The van der Waals surface area contributed by atoms with Crippen LogP contribution in [0.4, 0.5) is 0 Å². The molecule has 0 spiro atoms. The van der Waals surface area contributed by atoms with Crippen molar-refractivity contribution in [3.8, 4) is 5.75 Å². The van der Waals surface area contributed by atoms with Gasteiger partial charge in [0.1, 0.15) is 23.3 Å². The zero-order valence-electron chi connectivity index (χ0n) is 20.0. The molecule has 1 fully saturated rings. The average Bonchev–Trinajstić information content (AvgIpc) is 3.44. The smallest absolute Gasteiger partial charge is 0.295 e. The lowest BCUT2D eigenvalue weighted by Gasteiger charge is -2.23. The Labute approximate surface area is 209 Å². The number of furan rings is 1. The van der Waals surface area contributed by atoms with Gasteiger partial charge in [0.05, 0.1) is 18.4 Å². The normalized spacial score (nSPS) is 17.4. The Morgan fingerprint density at radius 2 is 1.89 bits per heavy atom. The Kier molecular flexibility index (Phi) is 7.31. The first-order chi connectivity index (χ1) is 16.8. The fourth-order valence-electron chi connectivity index (χ4n) is 4.12. The number of hydrogen-bond donors (Lipinski definition) is 1. The number of carbonyl (C=O) groups is 2. The first-order valence-corrected chi connectivity index (χ1v) is 11.9. The molecule has 1 amide bonds. The van der Waals surface area contributed by atoms with Crippen LogP contribution in [0.5, 0.6) is 5.75 Å². The van der Waals surface area contributed by atoms with Crippen molar-refractivity contribution in [2.24, 2.45) is 5.92 Å². The number of likely N-dealkylation sites (tertiary alicyclic amines) is 1. The van der Waals surface area contributed by atoms with Crippen molar-refractivity contribution >= 4 is 29.1 Å². The summed E-state index contributed by atoms with van der Waals surface area (Å²) in [6.45, 7) is 6.85. The van der Waals surface area contributed by atoms with Crippen LogP contribution in [0, 0.1) is 12.8 Å². The minimum atomic E-state index is -0.825. The molecule has 3 aromatic rings. The second-order valence-corrected chi connectivity index (χ2v) is 9.51. The Bertz CT molecular complexity index is 1240. The van der Waals surface area contributed by atoms with E-state index in [9.17, 15) is 14.7 Å². The quantitative estimate of drug-likeness (QED) is 0.238. The molecule has 0 saturated carbocycles. The highest BCUT2D eigenvalue weighted by molar-refractivity contribution is 6.46. The zero-order valence-corrected chi connectivity index (χ0v) is 20.7.